The maximum Gasteiger partial charge on any atom is 0.129 e. The quantitative estimate of drug-likeness (QED) is 0.866. The smallest absolute Gasteiger partial charge is 0.129 e. The highest BCUT2D eigenvalue weighted by Gasteiger charge is 2.20. The molecule has 20 heavy (non-hydrogen) atoms. The van der Waals surface area contributed by atoms with E-state index in [1.54, 1.807) is 7.11 Å². The highest BCUT2D eigenvalue weighted by molar-refractivity contribution is 5.43. The zero-order chi connectivity index (χ0) is 14.4. The van der Waals surface area contributed by atoms with E-state index < -0.39 is 0 Å². The zero-order valence-electron chi connectivity index (χ0n) is 13.0. The summed E-state index contributed by atoms with van der Waals surface area (Å²) in [5.74, 6) is 1.84. The Balaban J connectivity index is 2.00. The number of rotatable bonds is 6. The van der Waals surface area contributed by atoms with Gasteiger partial charge in [-0.3, -0.25) is 0 Å². The molecule has 1 fully saturated rings. The van der Waals surface area contributed by atoms with Gasteiger partial charge in [0.1, 0.15) is 5.82 Å². The minimum Gasteiger partial charge on any atom is -0.384 e. The SMILES string of the molecule is CCNCc1cc(C)nc(N2CCC(COC)CC2)c1. The topological polar surface area (TPSA) is 37.4 Å². The van der Waals surface area contributed by atoms with Crippen molar-refractivity contribution in [3.05, 3.63) is 23.4 Å². The molecule has 0 bridgehead atoms. The lowest BCUT2D eigenvalue weighted by Crippen LogP contribution is -2.35. The molecule has 1 aromatic heterocycles. The second kappa shape index (κ2) is 7.60. The van der Waals surface area contributed by atoms with E-state index >= 15 is 0 Å². The molecule has 1 aliphatic rings. The van der Waals surface area contributed by atoms with Crippen LogP contribution in [0.3, 0.4) is 0 Å². The molecule has 0 radical (unpaired) electrons. The van der Waals surface area contributed by atoms with Crippen molar-refractivity contribution in [2.24, 2.45) is 5.92 Å². The Labute approximate surface area is 122 Å². The van der Waals surface area contributed by atoms with E-state index in [-0.39, 0.29) is 0 Å². The third-order valence-corrected chi connectivity index (χ3v) is 3.92. The molecule has 2 rings (SSSR count). The van der Waals surface area contributed by atoms with Crippen LogP contribution in [0.5, 0.6) is 0 Å². The van der Waals surface area contributed by atoms with Crippen molar-refractivity contribution in [2.75, 3.05) is 38.3 Å². The van der Waals surface area contributed by atoms with Crippen LogP contribution >= 0.6 is 0 Å². The van der Waals surface area contributed by atoms with Crippen LogP contribution in [0.2, 0.25) is 0 Å². The first kappa shape index (κ1) is 15.3. The normalized spacial score (nSPS) is 16.6. The fraction of sp³-hybridized carbons (Fsp3) is 0.688. The van der Waals surface area contributed by atoms with E-state index in [1.165, 1.54) is 18.4 Å². The Morgan fingerprint density at radius 2 is 2.10 bits per heavy atom. The number of nitrogens with zero attached hydrogens (tertiary/aromatic N) is 2. The number of ether oxygens (including phenoxy) is 1. The second-order valence-electron chi connectivity index (χ2n) is 5.64. The summed E-state index contributed by atoms with van der Waals surface area (Å²) in [4.78, 5) is 7.11. The van der Waals surface area contributed by atoms with Gasteiger partial charge >= 0.3 is 0 Å². The molecule has 1 saturated heterocycles. The minimum absolute atomic E-state index is 0.710. The summed E-state index contributed by atoms with van der Waals surface area (Å²) in [7, 11) is 1.79. The Hall–Kier alpha value is -1.13. The summed E-state index contributed by atoms with van der Waals surface area (Å²) >= 11 is 0. The molecule has 2 heterocycles. The van der Waals surface area contributed by atoms with E-state index in [1.807, 2.05) is 0 Å². The van der Waals surface area contributed by atoms with Gasteiger partial charge in [0.25, 0.3) is 0 Å². The summed E-state index contributed by atoms with van der Waals surface area (Å²) in [5.41, 5.74) is 2.43. The number of piperidine rings is 1. The summed E-state index contributed by atoms with van der Waals surface area (Å²) < 4.78 is 5.26. The molecule has 1 N–H and O–H groups in total. The molecule has 1 aromatic rings. The van der Waals surface area contributed by atoms with E-state index in [0.29, 0.717) is 5.92 Å². The molecule has 1 aliphatic heterocycles. The van der Waals surface area contributed by atoms with Gasteiger partial charge in [0.15, 0.2) is 0 Å². The molecule has 112 valence electrons. The molecule has 0 saturated carbocycles. The number of anilines is 1. The molecular weight excluding hydrogens is 250 g/mol. The van der Waals surface area contributed by atoms with Crippen LogP contribution in [0.1, 0.15) is 31.0 Å². The van der Waals surface area contributed by atoms with Crippen molar-refractivity contribution in [3.8, 4) is 0 Å². The first-order valence-corrected chi connectivity index (χ1v) is 7.65. The number of methoxy groups -OCH3 is 1. The molecule has 0 amide bonds. The minimum atomic E-state index is 0.710. The third kappa shape index (κ3) is 4.18. The van der Waals surface area contributed by atoms with Gasteiger partial charge < -0.3 is 15.0 Å². The standard InChI is InChI=1S/C16H27N3O/c1-4-17-11-15-9-13(2)18-16(10-15)19-7-5-14(6-8-19)12-20-3/h9-10,14,17H,4-8,11-12H2,1-3H3. The highest BCUT2D eigenvalue weighted by atomic mass is 16.5. The van der Waals surface area contributed by atoms with Gasteiger partial charge in [0, 0.05) is 39.0 Å². The number of aryl methyl sites for hydroxylation is 1. The Bertz CT molecular complexity index is 414. The van der Waals surface area contributed by atoms with Gasteiger partial charge in [0.2, 0.25) is 0 Å². The molecule has 4 heteroatoms. The maximum atomic E-state index is 5.26. The van der Waals surface area contributed by atoms with Gasteiger partial charge in [-0.25, -0.2) is 4.98 Å². The van der Waals surface area contributed by atoms with E-state index in [2.05, 4.69) is 36.2 Å². The monoisotopic (exact) mass is 277 g/mol. The van der Waals surface area contributed by atoms with Crippen molar-refractivity contribution in [1.82, 2.24) is 10.3 Å². The van der Waals surface area contributed by atoms with Gasteiger partial charge in [0.05, 0.1) is 0 Å². The van der Waals surface area contributed by atoms with Crippen molar-refractivity contribution >= 4 is 5.82 Å². The van der Waals surface area contributed by atoms with Crippen LogP contribution in [0.4, 0.5) is 5.82 Å². The fourth-order valence-electron chi connectivity index (χ4n) is 2.82. The number of hydrogen-bond acceptors (Lipinski definition) is 4. The molecule has 0 aromatic carbocycles. The van der Waals surface area contributed by atoms with E-state index in [9.17, 15) is 0 Å². The summed E-state index contributed by atoms with van der Waals surface area (Å²) in [6, 6.07) is 4.40. The Kier molecular flexibility index (Phi) is 5.80. The Morgan fingerprint density at radius 3 is 2.75 bits per heavy atom. The summed E-state index contributed by atoms with van der Waals surface area (Å²) in [6.07, 6.45) is 2.40. The molecular formula is C16H27N3O. The predicted octanol–water partition coefficient (Wildman–Crippen LogP) is 2.36. The number of aromatic nitrogens is 1. The summed E-state index contributed by atoms with van der Waals surface area (Å²) in [5, 5.41) is 3.38. The molecule has 0 unspecified atom stereocenters. The van der Waals surface area contributed by atoms with E-state index in [0.717, 1.165) is 44.3 Å². The van der Waals surface area contributed by atoms with Crippen LogP contribution in [-0.4, -0.2) is 38.3 Å². The van der Waals surface area contributed by atoms with Crippen LogP contribution in [0.15, 0.2) is 12.1 Å². The second-order valence-corrected chi connectivity index (χ2v) is 5.64. The number of pyridine rings is 1. The van der Waals surface area contributed by atoms with Crippen molar-refractivity contribution in [3.63, 3.8) is 0 Å². The molecule has 0 spiro atoms. The first-order valence-electron chi connectivity index (χ1n) is 7.65. The van der Waals surface area contributed by atoms with Crippen molar-refractivity contribution in [2.45, 2.75) is 33.2 Å². The average Bonchev–Trinajstić information content (AvgIpc) is 2.46. The predicted molar refractivity (Wildman–Crippen MR) is 83.2 cm³/mol. The third-order valence-electron chi connectivity index (χ3n) is 3.92. The van der Waals surface area contributed by atoms with Gasteiger partial charge in [-0.1, -0.05) is 6.92 Å². The fourth-order valence-corrected chi connectivity index (χ4v) is 2.82. The average molecular weight is 277 g/mol. The Morgan fingerprint density at radius 1 is 1.35 bits per heavy atom. The molecule has 0 atom stereocenters. The van der Waals surface area contributed by atoms with E-state index in [4.69, 9.17) is 9.72 Å². The number of nitrogens with one attached hydrogen (secondary N) is 1. The van der Waals surface area contributed by atoms with Crippen LogP contribution < -0.4 is 10.2 Å². The largest absolute Gasteiger partial charge is 0.384 e. The van der Waals surface area contributed by atoms with Crippen LogP contribution in [0, 0.1) is 12.8 Å². The zero-order valence-corrected chi connectivity index (χ0v) is 13.0. The van der Waals surface area contributed by atoms with Crippen molar-refractivity contribution < 1.29 is 4.74 Å². The van der Waals surface area contributed by atoms with Crippen molar-refractivity contribution in [1.29, 1.82) is 0 Å². The van der Waals surface area contributed by atoms with Crippen LogP contribution in [0.25, 0.3) is 0 Å². The van der Waals surface area contributed by atoms with Crippen LogP contribution in [-0.2, 0) is 11.3 Å². The molecule has 0 aliphatic carbocycles. The lowest BCUT2D eigenvalue weighted by Gasteiger charge is -2.32. The maximum absolute atomic E-state index is 5.26. The molecule has 4 nitrogen and oxygen atoms in total. The number of hydrogen-bond donors (Lipinski definition) is 1. The van der Waals surface area contributed by atoms with Gasteiger partial charge in [-0.2, -0.15) is 0 Å². The van der Waals surface area contributed by atoms with Gasteiger partial charge in [-0.05, 0) is 49.9 Å². The summed E-state index contributed by atoms with van der Waals surface area (Å²) in [6.45, 7) is 9.20. The lowest BCUT2D eigenvalue weighted by molar-refractivity contribution is 0.139. The lowest BCUT2D eigenvalue weighted by atomic mass is 9.98. The highest BCUT2D eigenvalue weighted by Crippen LogP contribution is 2.23. The van der Waals surface area contributed by atoms with Gasteiger partial charge in [-0.15, -0.1) is 0 Å². The first-order chi connectivity index (χ1) is 9.72.